The number of benzene rings is 1. The summed E-state index contributed by atoms with van der Waals surface area (Å²) in [5.41, 5.74) is 6.03. The fourth-order valence-corrected chi connectivity index (χ4v) is 1.43. The summed E-state index contributed by atoms with van der Waals surface area (Å²) in [7, 11) is 1.26. The minimum absolute atomic E-state index is 0.207. The van der Waals surface area contributed by atoms with Crippen LogP contribution in [0.2, 0.25) is 0 Å². The summed E-state index contributed by atoms with van der Waals surface area (Å²) < 4.78 is 18.1. The summed E-state index contributed by atoms with van der Waals surface area (Å²) in [4.78, 5) is 11.1. The van der Waals surface area contributed by atoms with Crippen LogP contribution in [0.3, 0.4) is 0 Å². The third kappa shape index (κ3) is 3.31. The van der Waals surface area contributed by atoms with Crippen molar-refractivity contribution in [1.29, 1.82) is 0 Å². The largest absolute Gasteiger partial charge is 0.465 e. The number of hydrogen-bond acceptors (Lipinski definition) is 3. The predicted molar refractivity (Wildman–Crippen MR) is 59.7 cm³/mol. The van der Waals surface area contributed by atoms with Gasteiger partial charge in [0.05, 0.1) is 12.7 Å². The van der Waals surface area contributed by atoms with Gasteiger partial charge < -0.3 is 10.5 Å². The van der Waals surface area contributed by atoms with Crippen molar-refractivity contribution in [3.63, 3.8) is 0 Å². The van der Waals surface area contributed by atoms with Crippen LogP contribution in [-0.2, 0) is 11.2 Å². The molecule has 0 aromatic heterocycles. The Morgan fingerprint density at radius 2 is 2.12 bits per heavy atom. The number of hydrogen-bond donors (Lipinski definition) is 1. The molecular formula is C12H16FNO2. The topological polar surface area (TPSA) is 52.3 Å². The molecule has 0 aliphatic heterocycles. The Morgan fingerprint density at radius 3 is 2.56 bits per heavy atom. The maximum atomic E-state index is 13.6. The van der Waals surface area contributed by atoms with Gasteiger partial charge in [0.2, 0.25) is 0 Å². The van der Waals surface area contributed by atoms with Gasteiger partial charge in [0.15, 0.2) is 0 Å². The third-order valence-corrected chi connectivity index (χ3v) is 2.12. The highest BCUT2D eigenvalue weighted by Gasteiger charge is 2.16. The number of halogens is 1. The summed E-state index contributed by atoms with van der Waals surface area (Å²) in [6, 6.07) is 4.28. The second-order valence-electron chi connectivity index (χ2n) is 4.46. The molecule has 16 heavy (non-hydrogen) atoms. The Morgan fingerprint density at radius 1 is 1.50 bits per heavy atom. The van der Waals surface area contributed by atoms with Gasteiger partial charge in [0, 0.05) is 5.54 Å². The quantitative estimate of drug-likeness (QED) is 0.799. The van der Waals surface area contributed by atoms with Gasteiger partial charge in [-0.1, -0.05) is 6.07 Å². The van der Waals surface area contributed by atoms with E-state index in [-0.39, 0.29) is 5.56 Å². The van der Waals surface area contributed by atoms with Crippen molar-refractivity contribution < 1.29 is 13.9 Å². The normalized spacial score (nSPS) is 11.3. The molecule has 1 rings (SSSR count). The number of carbonyl (C=O) groups is 1. The number of carbonyl (C=O) groups excluding carboxylic acids is 1. The first kappa shape index (κ1) is 12.6. The predicted octanol–water partition coefficient (Wildman–Crippen LogP) is 1.89. The van der Waals surface area contributed by atoms with E-state index in [1.54, 1.807) is 6.07 Å². The lowest BCUT2D eigenvalue weighted by atomic mass is 9.95. The molecule has 4 heteroatoms. The zero-order chi connectivity index (χ0) is 12.3. The Balaban J connectivity index is 2.96. The molecule has 88 valence electrons. The smallest absolute Gasteiger partial charge is 0.337 e. The van der Waals surface area contributed by atoms with Crippen LogP contribution in [0.1, 0.15) is 29.8 Å². The van der Waals surface area contributed by atoms with Crippen LogP contribution in [0.15, 0.2) is 18.2 Å². The molecule has 1 aromatic carbocycles. The Bertz CT molecular complexity index is 396. The second-order valence-corrected chi connectivity index (χ2v) is 4.46. The molecule has 0 saturated heterocycles. The monoisotopic (exact) mass is 225 g/mol. The average molecular weight is 225 g/mol. The standard InChI is InChI=1S/C12H16FNO2/c1-12(2,14)7-9-5-4-8(6-10(9)13)11(15)16-3/h4-6H,7,14H2,1-3H3. The highest BCUT2D eigenvalue weighted by Crippen LogP contribution is 2.16. The molecule has 0 saturated carbocycles. The first-order valence-corrected chi connectivity index (χ1v) is 4.99. The van der Waals surface area contributed by atoms with Crippen molar-refractivity contribution in [1.82, 2.24) is 0 Å². The van der Waals surface area contributed by atoms with E-state index in [1.165, 1.54) is 19.2 Å². The zero-order valence-electron chi connectivity index (χ0n) is 9.71. The molecule has 0 spiro atoms. The molecule has 3 nitrogen and oxygen atoms in total. The maximum Gasteiger partial charge on any atom is 0.337 e. The number of ether oxygens (including phenoxy) is 1. The Labute approximate surface area is 94.4 Å². The molecule has 0 amide bonds. The zero-order valence-corrected chi connectivity index (χ0v) is 9.71. The molecule has 1 aromatic rings. The van der Waals surface area contributed by atoms with Crippen LogP contribution in [0.5, 0.6) is 0 Å². The fraction of sp³-hybridized carbons (Fsp3) is 0.417. The van der Waals surface area contributed by atoms with Gasteiger partial charge in [-0.05, 0) is 38.0 Å². The van der Waals surface area contributed by atoms with Gasteiger partial charge >= 0.3 is 5.97 Å². The van der Waals surface area contributed by atoms with Gasteiger partial charge in [0.1, 0.15) is 5.82 Å². The molecule has 0 radical (unpaired) electrons. The maximum absolute atomic E-state index is 13.6. The molecule has 0 aliphatic rings. The molecule has 2 N–H and O–H groups in total. The van der Waals surface area contributed by atoms with Crippen LogP contribution in [0.25, 0.3) is 0 Å². The van der Waals surface area contributed by atoms with Gasteiger partial charge in [-0.3, -0.25) is 0 Å². The summed E-state index contributed by atoms with van der Waals surface area (Å²) in [6.07, 6.45) is 0.417. The highest BCUT2D eigenvalue weighted by atomic mass is 19.1. The van der Waals surface area contributed by atoms with Crippen LogP contribution in [-0.4, -0.2) is 18.6 Å². The Hall–Kier alpha value is -1.42. The van der Waals surface area contributed by atoms with Crippen LogP contribution >= 0.6 is 0 Å². The second kappa shape index (κ2) is 4.61. The van der Waals surface area contributed by atoms with E-state index < -0.39 is 17.3 Å². The summed E-state index contributed by atoms with van der Waals surface area (Å²) in [5, 5.41) is 0. The number of nitrogens with two attached hydrogens (primary N) is 1. The molecule has 0 fully saturated rings. The molecule has 0 unspecified atom stereocenters. The number of methoxy groups -OCH3 is 1. The number of rotatable bonds is 3. The minimum Gasteiger partial charge on any atom is -0.465 e. The summed E-state index contributed by atoms with van der Waals surface area (Å²) in [5.74, 6) is -0.973. The van der Waals surface area contributed by atoms with Crippen molar-refractivity contribution in [2.45, 2.75) is 25.8 Å². The molecular weight excluding hydrogens is 209 g/mol. The summed E-state index contributed by atoms with van der Waals surface area (Å²) >= 11 is 0. The fourth-order valence-electron chi connectivity index (χ4n) is 1.43. The minimum atomic E-state index is -0.544. The van der Waals surface area contributed by atoms with E-state index in [2.05, 4.69) is 4.74 Å². The Kier molecular flexibility index (Phi) is 3.65. The molecule has 0 bridgehead atoms. The van der Waals surface area contributed by atoms with Gasteiger partial charge in [-0.25, -0.2) is 9.18 Å². The van der Waals surface area contributed by atoms with Gasteiger partial charge in [0.25, 0.3) is 0 Å². The molecule has 0 heterocycles. The van der Waals surface area contributed by atoms with Gasteiger partial charge in [-0.2, -0.15) is 0 Å². The first-order valence-electron chi connectivity index (χ1n) is 4.99. The van der Waals surface area contributed by atoms with Crippen LogP contribution in [0.4, 0.5) is 4.39 Å². The first-order chi connectivity index (χ1) is 7.33. The molecule has 0 aliphatic carbocycles. The number of esters is 1. The van der Waals surface area contributed by atoms with E-state index in [9.17, 15) is 9.18 Å². The third-order valence-electron chi connectivity index (χ3n) is 2.12. The van der Waals surface area contributed by atoms with Crippen LogP contribution < -0.4 is 5.73 Å². The van der Waals surface area contributed by atoms with E-state index in [0.717, 1.165) is 0 Å². The van der Waals surface area contributed by atoms with Gasteiger partial charge in [-0.15, -0.1) is 0 Å². The van der Waals surface area contributed by atoms with Crippen molar-refractivity contribution in [2.24, 2.45) is 5.73 Å². The lowest BCUT2D eigenvalue weighted by Gasteiger charge is -2.18. The molecule has 0 atom stereocenters. The lowest BCUT2D eigenvalue weighted by Crippen LogP contribution is -2.34. The SMILES string of the molecule is COC(=O)c1ccc(CC(C)(C)N)c(F)c1. The van der Waals surface area contributed by atoms with E-state index >= 15 is 0 Å². The van der Waals surface area contributed by atoms with Crippen molar-refractivity contribution in [3.8, 4) is 0 Å². The van der Waals surface area contributed by atoms with E-state index in [4.69, 9.17) is 5.73 Å². The lowest BCUT2D eigenvalue weighted by molar-refractivity contribution is 0.0600. The van der Waals surface area contributed by atoms with Crippen molar-refractivity contribution in [2.75, 3.05) is 7.11 Å². The average Bonchev–Trinajstić information content (AvgIpc) is 2.18. The highest BCUT2D eigenvalue weighted by molar-refractivity contribution is 5.89. The van der Waals surface area contributed by atoms with Crippen molar-refractivity contribution >= 4 is 5.97 Å². The van der Waals surface area contributed by atoms with Crippen molar-refractivity contribution in [3.05, 3.63) is 35.1 Å². The van der Waals surface area contributed by atoms with E-state index in [0.29, 0.717) is 12.0 Å². The van der Waals surface area contributed by atoms with E-state index in [1.807, 2.05) is 13.8 Å². The van der Waals surface area contributed by atoms with Crippen LogP contribution in [0, 0.1) is 5.82 Å². The summed E-state index contributed by atoms with van der Waals surface area (Å²) in [6.45, 7) is 3.64.